The van der Waals surface area contributed by atoms with Gasteiger partial charge in [-0.05, 0) is 6.42 Å². The van der Waals surface area contributed by atoms with E-state index in [9.17, 15) is 49.5 Å². The lowest BCUT2D eigenvalue weighted by Crippen LogP contribution is -2.56. The first kappa shape index (κ1) is 92.1. The molecule has 0 heterocycles. The lowest BCUT2D eigenvalue weighted by Gasteiger charge is -2.30. The van der Waals surface area contributed by atoms with Crippen molar-refractivity contribution in [2.24, 2.45) is 5.73 Å². The molecule has 0 saturated heterocycles. The van der Waals surface area contributed by atoms with E-state index < -0.39 is 62.1 Å². The molecule has 30 nitrogen and oxygen atoms in total. The molecule has 0 aromatic heterocycles. The molecule has 0 radical (unpaired) electrons. The summed E-state index contributed by atoms with van der Waals surface area (Å²) in [5.41, 5.74) is 5.33. The minimum atomic E-state index is -6.54. The molecule has 0 aromatic carbocycles. The van der Waals surface area contributed by atoms with Crippen LogP contribution in [0.5, 0.6) is 0 Å². The third kappa shape index (κ3) is 63.0. The second-order valence-electron chi connectivity index (χ2n) is 18.8. The van der Waals surface area contributed by atoms with Crippen LogP contribution in [0.15, 0.2) is 0 Å². The van der Waals surface area contributed by atoms with Gasteiger partial charge in [0, 0.05) is 39.6 Å². The Hall–Kier alpha value is -2.95. The number of hydrogen-bond acceptors (Lipinski definition) is 28. The summed E-state index contributed by atoms with van der Waals surface area (Å²) in [6, 6.07) is 0. The Labute approximate surface area is 550 Å². The van der Waals surface area contributed by atoms with Crippen LogP contribution >= 0.6 is 0 Å². The second kappa shape index (κ2) is 66.9. The lowest BCUT2D eigenvalue weighted by atomic mass is 10.2. The second-order valence-corrected chi connectivity index (χ2v) is 18.8. The first-order chi connectivity index (χ1) is 46.0. The van der Waals surface area contributed by atoms with E-state index in [1.807, 2.05) is 0 Å². The number of Topliss-reactive ketones (excluding diaryl/α,β-unsaturated/α-hetero) is 1. The van der Waals surface area contributed by atoms with Gasteiger partial charge < -0.3 is 121 Å². The molecule has 0 atom stereocenters. The molecular weight excluding hydrogens is 1310 g/mol. The number of carbonyl (C=O) groups excluding carboxylic acids is 3. The Kier molecular flexibility index (Phi) is 64.8. The lowest BCUT2D eigenvalue weighted by molar-refractivity contribution is -0.499. The van der Waals surface area contributed by atoms with Crippen LogP contribution in [0.2, 0.25) is 0 Å². The van der Waals surface area contributed by atoms with Crippen molar-refractivity contribution in [2.75, 3.05) is 310 Å². The molecule has 0 aliphatic carbocycles. The number of hydrogen-bond donors (Lipinski definition) is 3. The van der Waals surface area contributed by atoms with Gasteiger partial charge in [0.1, 0.15) is 0 Å². The van der Waals surface area contributed by atoms with Gasteiger partial charge in [-0.1, -0.05) is 0 Å². The largest absolute Gasteiger partial charge is 0.453 e. The Morgan fingerprint density at radius 3 is 0.684 bits per heavy atom. The van der Waals surface area contributed by atoms with Crippen LogP contribution < -0.4 is 16.4 Å². The molecule has 4 N–H and O–H groups in total. The predicted molar refractivity (Wildman–Crippen MR) is 315 cm³/mol. The highest BCUT2D eigenvalue weighted by atomic mass is 19.3. The van der Waals surface area contributed by atoms with E-state index >= 15 is 0 Å². The number of ketones is 1. The summed E-state index contributed by atoms with van der Waals surface area (Å²) in [6.45, 7) is 14.9. The molecular formula is C57H105F8N3O27. The van der Waals surface area contributed by atoms with Crippen LogP contribution in [0.1, 0.15) is 19.8 Å². The zero-order valence-electron chi connectivity index (χ0n) is 54.8. The molecule has 0 bridgehead atoms. The predicted octanol–water partition coefficient (Wildman–Crippen LogP) is 1.32. The van der Waals surface area contributed by atoms with Crippen molar-refractivity contribution in [3.63, 3.8) is 0 Å². The highest BCUT2D eigenvalue weighted by Crippen LogP contribution is 2.43. The van der Waals surface area contributed by atoms with Gasteiger partial charge in [0.25, 0.3) is 0 Å². The molecule has 38 heteroatoms. The topological polar surface area (TPSA) is 323 Å². The van der Waals surface area contributed by atoms with Crippen molar-refractivity contribution >= 4 is 17.6 Å². The van der Waals surface area contributed by atoms with Gasteiger partial charge in [-0.3, -0.25) is 14.4 Å². The van der Waals surface area contributed by atoms with Crippen LogP contribution in [-0.4, -0.2) is 352 Å². The van der Waals surface area contributed by atoms with Crippen LogP contribution in [0.3, 0.4) is 0 Å². The summed E-state index contributed by atoms with van der Waals surface area (Å²) in [6.07, 6.45) is -26.1. The number of rotatable bonds is 79. The molecule has 0 unspecified atom stereocenters. The Morgan fingerprint density at radius 1 is 0.274 bits per heavy atom. The highest BCUT2D eigenvalue weighted by Gasteiger charge is 2.69. The number of amides is 2. The van der Waals surface area contributed by atoms with Gasteiger partial charge in [0.2, 0.25) is 11.7 Å². The molecule has 0 spiro atoms. The zero-order valence-corrected chi connectivity index (χ0v) is 54.8. The van der Waals surface area contributed by atoms with E-state index in [4.69, 9.17) is 110 Å². The van der Waals surface area contributed by atoms with E-state index in [2.05, 4.69) is 14.8 Å². The van der Waals surface area contributed by atoms with E-state index in [1.165, 1.54) is 12.2 Å². The van der Waals surface area contributed by atoms with Gasteiger partial charge in [-0.25, -0.2) is 9.47 Å². The first-order valence-corrected chi connectivity index (χ1v) is 31.4. The molecule has 566 valence electrons. The van der Waals surface area contributed by atoms with Crippen LogP contribution in [0.4, 0.5) is 35.1 Å². The number of ether oxygens (including phenoxy) is 24. The van der Waals surface area contributed by atoms with Crippen molar-refractivity contribution < 1.29 is 163 Å². The van der Waals surface area contributed by atoms with E-state index in [1.54, 1.807) is 0 Å². The quantitative estimate of drug-likeness (QED) is 0.0571. The molecule has 0 saturated carbocycles. The molecule has 2 amide bonds. The monoisotopic (exact) mass is 1420 g/mol. The van der Waals surface area contributed by atoms with Gasteiger partial charge in [-0.2, -0.15) is 35.1 Å². The van der Waals surface area contributed by atoms with Crippen molar-refractivity contribution in [1.29, 1.82) is 0 Å². The number of nitrogens with one attached hydrogen (secondary N) is 2. The Balaban J connectivity index is 3.70. The highest BCUT2D eigenvalue weighted by molar-refractivity contribution is 5.84. The maximum absolute atomic E-state index is 14.2. The summed E-state index contributed by atoms with van der Waals surface area (Å²) < 4.78 is 236. The maximum Gasteiger partial charge on any atom is 0.453 e. The summed E-state index contributed by atoms with van der Waals surface area (Å²) in [4.78, 5) is 34.4. The number of carbonyl (C=O) groups is 3. The number of nitrogens with two attached hydrogens (primary N) is 1. The standard InChI is InChI=1S/C57H105F8N3O27/c1-51(69)67-5-9-74-13-17-78-21-25-82-29-33-86-37-41-90-45-49-93-50-46-91-42-38-87-34-30-83-26-22-79-18-14-75-10-6-68-53(71)55(60,61)95-57(64,65)56(62,63)94-54(58,59)52(70)3-2-7-72-11-15-76-19-23-80-27-31-84-35-39-88-43-47-92-48-44-89-40-36-85-32-28-81-24-20-77-16-12-73-8-4-66/h2-50,66H2,1H3,(H,67,69)(H,68,71). The first-order valence-electron chi connectivity index (χ1n) is 31.4. The SMILES string of the molecule is CC(=O)NCCOCCOCCOCCOCCOCCOCCOCCOCCOCCOCCOCCNC(=O)C(F)(F)OC(F)(F)C(F)(F)OC(F)(F)C(=O)CCCOCCOCCOCCOCCOCCOCCOCCOCCOCCOCCOCCN. The fourth-order valence-corrected chi connectivity index (χ4v) is 6.35. The normalized spacial score (nSPS) is 12.4. The summed E-state index contributed by atoms with van der Waals surface area (Å²) in [7, 11) is 0. The minimum Gasteiger partial charge on any atom is -0.379 e. The zero-order chi connectivity index (χ0) is 69.8. The summed E-state index contributed by atoms with van der Waals surface area (Å²) in [5.74, 6) is -5.14. The van der Waals surface area contributed by atoms with Gasteiger partial charge >= 0.3 is 30.3 Å². The molecule has 95 heavy (non-hydrogen) atoms. The average Bonchev–Trinajstić information content (AvgIpc) is 0.786. The van der Waals surface area contributed by atoms with E-state index in [0.717, 1.165) is 0 Å². The van der Waals surface area contributed by atoms with Gasteiger partial charge in [0.15, 0.2) is 0 Å². The fourth-order valence-electron chi connectivity index (χ4n) is 6.35. The average molecular weight is 1420 g/mol. The van der Waals surface area contributed by atoms with E-state index in [-0.39, 0.29) is 91.8 Å². The van der Waals surface area contributed by atoms with Crippen molar-refractivity contribution in [3.8, 4) is 0 Å². The van der Waals surface area contributed by atoms with Crippen LogP contribution in [0, 0.1) is 0 Å². The Bertz CT molecular complexity index is 1710. The molecule has 0 rings (SSSR count). The van der Waals surface area contributed by atoms with E-state index in [0.29, 0.717) is 211 Å². The minimum absolute atomic E-state index is 0.0109. The fraction of sp³-hybridized carbons (Fsp3) is 0.947. The number of alkyl halides is 8. The van der Waals surface area contributed by atoms with Gasteiger partial charge in [-0.15, -0.1) is 0 Å². The summed E-state index contributed by atoms with van der Waals surface area (Å²) >= 11 is 0. The Morgan fingerprint density at radius 2 is 0.463 bits per heavy atom. The molecule has 0 aliphatic rings. The van der Waals surface area contributed by atoms with Crippen LogP contribution in [-0.2, 0) is 128 Å². The molecule has 0 aliphatic heterocycles. The number of halogens is 8. The van der Waals surface area contributed by atoms with Crippen LogP contribution in [0.25, 0.3) is 0 Å². The third-order valence-corrected chi connectivity index (χ3v) is 11.0. The molecule has 0 fully saturated rings. The van der Waals surface area contributed by atoms with Gasteiger partial charge in [0.05, 0.1) is 284 Å². The van der Waals surface area contributed by atoms with Crippen molar-refractivity contribution in [3.05, 3.63) is 0 Å². The van der Waals surface area contributed by atoms with Crippen molar-refractivity contribution in [1.82, 2.24) is 10.6 Å². The molecule has 0 aromatic rings. The third-order valence-electron chi connectivity index (χ3n) is 11.0. The maximum atomic E-state index is 14.2. The smallest absolute Gasteiger partial charge is 0.379 e. The summed E-state index contributed by atoms with van der Waals surface area (Å²) in [5, 5.41) is 4.04. The van der Waals surface area contributed by atoms with Crippen molar-refractivity contribution in [2.45, 2.75) is 44.2 Å².